The highest BCUT2D eigenvalue weighted by Crippen LogP contribution is 2.31. The molecule has 0 saturated heterocycles. The van der Waals surface area contributed by atoms with Crippen molar-refractivity contribution in [2.24, 2.45) is 0 Å². The molecule has 3 aromatic carbocycles. The molecule has 0 aromatic heterocycles. The van der Waals surface area contributed by atoms with Crippen LogP contribution < -0.4 is 10.6 Å². The summed E-state index contributed by atoms with van der Waals surface area (Å²) in [6, 6.07) is 21.7. The van der Waals surface area contributed by atoms with E-state index in [0.29, 0.717) is 12.1 Å². The highest BCUT2D eigenvalue weighted by Gasteiger charge is 2.42. The van der Waals surface area contributed by atoms with Crippen LogP contribution in [0.2, 0.25) is 0 Å². The molecular formula is C35H45N3O5. The number of hydrogen-bond donors (Lipinski definition) is 3. The number of alkyl carbamates (subject to hydrolysis) is 1. The Bertz CT molecular complexity index is 1360. The van der Waals surface area contributed by atoms with E-state index in [4.69, 9.17) is 4.74 Å². The fraction of sp³-hybridized carbons (Fsp3) is 0.400. The van der Waals surface area contributed by atoms with Crippen molar-refractivity contribution in [1.29, 1.82) is 0 Å². The monoisotopic (exact) mass is 587 g/mol. The molecule has 2 atom stereocenters. The van der Waals surface area contributed by atoms with Crippen LogP contribution in [0.25, 0.3) is 0 Å². The fourth-order valence-electron chi connectivity index (χ4n) is 4.77. The van der Waals surface area contributed by atoms with Crippen molar-refractivity contribution in [2.45, 2.75) is 91.1 Å². The average molecular weight is 588 g/mol. The molecule has 8 nitrogen and oxygen atoms in total. The van der Waals surface area contributed by atoms with E-state index in [9.17, 15) is 19.5 Å². The predicted octanol–water partition coefficient (Wildman–Crippen LogP) is 6.08. The molecule has 0 aliphatic heterocycles. The van der Waals surface area contributed by atoms with E-state index in [1.54, 1.807) is 37.8 Å². The number of nitrogens with one attached hydrogen (secondary N) is 2. The molecule has 0 spiro atoms. The Morgan fingerprint density at radius 1 is 0.814 bits per heavy atom. The summed E-state index contributed by atoms with van der Waals surface area (Å²) in [5.74, 6) is -0.684. The quantitative estimate of drug-likeness (QED) is 0.267. The average Bonchev–Trinajstić information content (AvgIpc) is 2.94. The molecule has 0 heterocycles. The van der Waals surface area contributed by atoms with Gasteiger partial charge in [-0.3, -0.25) is 9.59 Å². The molecular weight excluding hydrogens is 542 g/mol. The molecule has 3 aromatic rings. The van der Waals surface area contributed by atoms with E-state index < -0.39 is 35.2 Å². The van der Waals surface area contributed by atoms with E-state index in [1.807, 2.05) is 75.4 Å². The van der Waals surface area contributed by atoms with Crippen LogP contribution in [0.4, 0.5) is 4.79 Å². The number of phenolic OH excluding ortho intramolecular Hbond substituents is 1. The summed E-state index contributed by atoms with van der Waals surface area (Å²) in [6.07, 6.45) is 0.218. The number of aryl methyl sites for hydroxylation is 1. The zero-order chi connectivity index (χ0) is 31.8. The first kappa shape index (κ1) is 33.2. The summed E-state index contributed by atoms with van der Waals surface area (Å²) in [4.78, 5) is 43.2. The van der Waals surface area contributed by atoms with Gasteiger partial charge in [-0.15, -0.1) is 0 Å². The fourth-order valence-corrected chi connectivity index (χ4v) is 4.77. The molecule has 0 aliphatic carbocycles. The number of ether oxygens (including phenoxy) is 1. The van der Waals surface area contributed by atoms with Crippen LogP contribution in [0.1, 0.15) is 76.8 Å². The molecule has 3 amide bonds. The molecule has 0 aliphatic rings. The minimum atomic E-state index is -1.06. The van der Waals surface area contributed by atoms with Gasteiger partial charge in [0.2, 0.25) is 11.8 Å². The third kappa shape index (κ3) is 9.87. The van der Waals surface area contributed by atoms with Gasteiger partial charge in [-0.25, -0.2) is 4.79 Å². The number of benzene rings is 3. The highest BCUT2D eigenvalue weighted by molar-refractivity contribution is 5.92. The molecule has 0 bridgehead atoms. The molecule has 0 fully saturated rings. The normalized spacial score (nSPS) is 13.0. The van der Waals surface area contributed by atoms with Crippen LogP contribution >= 0.6 is 0 Å². The van der Waals surface area contributed by atoms with Crippen LogP contribution in [0.15, 0.2) is 78.9 Å². The van der Waals surface area contributed by atoms with Crippen molar-refractivity contribution in [3.8, 4) is 5.75 Å². The Balaban J connectivity index is 2.06. The first-order chi connectivity index (χ1) is 20.2. The van der Waals surface area contributed by atoms with Crippen molar-refractivity contribution in [2.75, 3.05) is 0 Å². The molecule has 3 N–H and O–H groups in total. The second-order valence-electron chi connectivity index (χ2n) is 12.6. The first-order valence-corrected chi connectivity index (χ1v) is 14.7. The van der Waals surface area contributed by atoms with E-state index in [0.717, 1.165) is 23.1 Å². The lowest BCUT2D eigenvalue weighted by molar-refractivity contribution is -0.148. The minimum Gasteiger partial charge on any atom is -0.508 e. The van der Waals surface area contributed by atoms with Gasteiger partial charge in [-0.1, -0.05) is 73.7 Å². The zero-order valence-electron chi connectivity index (χ0n) is 26.3. The minimum absolute atomic E-state index is 0.0914. The number of phenols is 1. The van der Waals surface area contributed by atoms with E-state index in [-0.39, 0.29) is 18.1 Å². The van der Waals surface area contributed by atoms with Crippen LogP contribution in [-0.2, 0) is 33.7 Å². The second-order valence-corrected chi connectivity index (χ2v) is 12.6. The third-order valence-corrected chi connectivity index (χ3v) is 6.85. The molecule has 2 unspecified atom stereocenters. The molecule has 0 radical (unpaired) electrons. The lowest BCUT2D eigenvalue weighted by atomic mass is 9.93. The molecule has 230 valence electrons. The van der Waals surface area contributed by atoms with Gasteiger partial charge in [0, 0.05) is 18.5 Å². The number of hydrogen-bond acceptors (Lipinski definition) is 5. The maximum absolute atomic E-state index is 14.6. The molecule has 8 heteroatoms. The number of carbonyl (C=O) groups excluding carboxylic acids is 3. The van der Waals surface area contributed by atoms with Crippen LogP contribution in [0.5, 0.6) is 5.75 Å². The lowest BCUT2D eigenvalue weighted by Gasteiger charge is -2.43. The highest BCUT2D eigenvalue weighted by atomic mass is 16.6. The van der Waals surface area contributed by atoms with Crippen molar-refractivity contribution >= 4 is 17.9 Å². The zero-order valence-corrected chi connectivity index (χ0v) is 26.3. The van der Waals surface area contributed by atoms with Gasteiger partial charge in [0.15, 0.2) is 0 Å². The van der Waals surface area contributed by atoms with Crippen LogP contribution in [0.3, 0.4) is 0 Å². The number of carbonyl (C=O) groups is 3. The number of aromatic hydroxyl groups is 1. The number of amides is 3. The Labute approximate surface area is 255 Å². The van der Waals surface area contributed by atoms with Gasteiger partial charge in [-0.05, 0) is 82.3 Å². The molecule has 3 rings (SSSR count). The van der Waals surface area contributed by atoms with Crippen molar-refractivity contribution in [1.82, 2.24) is 15.5 Å². The smallest absolute Gasteiger partial charge is 0.408 e. The van der Waals surface area contributed by atoms with Crippen molar-refractivity contribution in [3.63, 3.8) is 0 Å². The van der Waals surface area contributed by atoms with Crippen LogP contribution in [-0.4, -0.2) is 45.1 Å². The van der Waals surface area contributed by atoms with E-state index in [2.05, 4.69) is 17.6 Å². The van der Waals surface area contributed by atoms with Gasteiger partial charge in [0.05, 0.1) is 0 Å². The summed E-state index contributed by atoms with van der Waals surface area (Å²) in [6.45, 7) is 13.2. The Morgan fingerprint density at radius 2 is 1.40 bits per heavy atom. The standard InChI is InChI=1S/C35H45N3O5/c1-8-24-14-18-27(19-15-24)30(31(40)36-23-26-12-10-9-11-13-26)38(34(2,3)4)32(41)29(37-33(42)43-35(5,6)7)22-25-16-20-28(39)21-17-25/h9-21,29-30,39H,8,22-23H2,1-7H3,(H,36,40)(H,37,42). The summed E-state index contributed by atoms with van der Waals surface area (Å²) in [7, 11) is 0. The van der Waals surface area contributed by atoms with Gasteiger partial charge >= 0.3 is 6.09 Å². The van der Waals surface area contributed by atoms with Gasteiger partial charge in [-0.2, -0.15) is 0 Å². The first-order valence-electron chi connectivity index (χ1n) is 14.7. The molecule has 0 saturated carbocycles. The Hall–Kier alpha value is -4.33. The number of nitrogens with zero attached hydrogens (tertiary/aromatic N) is 1. The van der Waals surface area contributed by atoms with Gasteiger partial charge < -0.3 is 25.4 Å². The van der Waals surface area contributed by atoms with Gasteiger partial charge in [0.1, 0.15) is 23.4 Å². The summed E-state index contributed by atoms with van der Waals surface area (Å²) < 4.78 is 5.51. The van der Waals surface area contributed by atoms with Crippen molar-refractivity contribution in [3.05, 3.63) is 101 Å². The Kier molecular flexibility index (Phi) is 11.0. The number of rotatable bonds is 10. The Morgan fingerprint density at radius 3 is 1.93 bits per heavy atom. The topological polar surface area (TPSA) is 108 Å². The maximum atomic E-state index is 14.6. The predicted molar refractivity (Wildman–Crippen MR) is 168 cm³/mol. The van der Waals surface area contributed by atoms with E-state index in [1.165, 1.54) is 12.1 Å². The lowest BCUT2D eigenvalue weighted by Crippen LogP contribution is -2.59. The largest absolute Gasteiger partial charge is 0.508 e. The maximum Gasteiger partial charge on any atom is 0.408 e. The van der Waals surface area contributed by atoms with Crippen LogP contribution in [0, 0.1) is 0 Å². The molecule has 43 heavy (non-hydrogen) atoms. The van der Waals surface area contributed by atoms with Crippen molar-refractivity contribution < 1.29 is 24.2 Å². The third-order valence-electron chi connectivity index (χ3n) is 6.85. The summed E-state index contributed by atoms with van der Waals surface area (Å²) in [5, 5.41) is 15.6. The summed E-state index contributed by atoms with van der Waals surface area (Å²) >= 11 is 0. The second kappa shape index (κ2) is 14.2. The van der Waals surface area contributed by atoms with Gasteiger partial charge in [0.25, 0.3) is 0 Å². The van der Waals surface area contributed by atoms with E-state index >= 15 is 0 Å². The SMILES string of the molecule is CCc1ccc(C(C(=O)NCc2ccccc2)N(C(=O)C(Cc2ccc(O)cc2)NC(=O)OC(C)(C)C)C(C)(C)C)cc1. The summed E-state index contributed by atoms with van der Waals surface area (Å²) in [5.41, 5.74) is 1.82.